The molecule has 7 heteroatoms. The van der Waals surface area contributed by atoms with Crippen LogP contribution in [0.5, 0.6) is 0 Å². The Morgan fingerprint density at radius 2 is 1.74 bits per heavy atom. The lowest BCUT2D eigenvalue weighted by atomic mass is 9.96. The highest BCUT2D eigenvalue weighted by Gasteiger charge is 2.31. The molecule has 0 aliphatic carbocycles. The molecule has 2 unspecified atom stereocenters. The molecule has 1 aromatic carbocycles. The number of benzene rings is 1. The normalized spacial score (nSPS) is 14.3. The zero-order valence-corrected chi connectivity index (χ0v) is 12.6. The van der Waals surface area contributed by atoms with Gasteiger partial charge in [0.25, 0.3) is 0 Å². The number of carbonyl (C=O) groups is 1. The maximum Gasteiger partial charge on any atom is 0.405 e. The van der Waals surface area contributed by atoms with Gasteiger partial charge < -0.3 is 15.6 Å². The number of aliphatic hydroxyl groups is 1. The van der Waals surface area contributed by atoms with Crippen LogP contribution in [0.3, 0.4) is 0 Å². The van der Waals surface area contributed by atoms with Crippen LogP contribution in [0, 0.1) is 5.92 Å². The van der Waals surface area contributed by atoms with E-state index in [9.17, 15) is 9.90 Å². The lowest BCUT2D eigenvalue weighted by Gasteiger charge is -2.26. The summed E-state index contributed by atoms with van der Waals surface area (Å²) in [6, 6.07) is 2.91. The molecule has 0 saturated carbocycles. The molecule has 0 radical (unpaired) electrons. The Morgan fingerprint density at radius 1 is 1.26 bits per heavy atom. The van der Waals surface area contributed by atoms with Crippen molar-refractivity contribution >= 4 is 40.9 Å². The standard InChI is InChI=1S/C12H14Cl3NO3/c1-5(2)10(17)11(19-12(16)18)9-7(14)3-6(13)4-8(9)15/h3-5,10-11,17H,1-2H3,(H2,16,18). The van der Waals surface area contributed by atoms with E-state index in [1.807, 2.05) is 0 Å². The van der Waals surface area contributed by atoms with Crippen molar-refractivity contribution in [3.63, 3.8) is 0 Å². The molecule has 1 amide bonds. The molecule has 0 bridgehead atoms. The van der Waals surface area contributed by atoms with Crippen LogP contribution >= 0.6 is 34.8 Å². The largest absolute Gasteiger partial charge is 0.439 e. The van der Waals surface area contributed by atoms with E-state index in [0.29, 0.717) is 5.02 Å². The number of aliphatic hydroxyl groups excluding tert-OH is 1. The van der Waals surface area contributed by atoms with Crippen molar-refractivity contribution in [2.24, 2.45) is 11.7 Å². The summed E-state index contributed by atoms with van der Waals surface area (Å²) in [5.41, 5.74) is 5.30. The van der Waals surface area contributed by atoms with Crippen molar-refractivity contribution in [1.29, 1.82) is 0 Å². The second-order valence-electron chi connectivity index (χ2n) is 4.38. The molecule has 0 aliphatic heterocycles. The van der Waals surface area contributed by atoms with Gasteiger partial charge in [-0.05, 0) is 18.1 Å². The lowest BCUT2D eigenvalue weighted by molar-refractivity contribution is -0.0184. The molecule has 0 spiro atoms. The van der Waals surface area contributed by atoms with Crippen molar-refractivity contribution in [3.05, 3.63) is 32.8 Å². The second kappa shape index (κ2) is 6.66. The first-order valence-corrected chi connectivity index (χ1v) is 6.66. The quantitative estimate of drug-likeness (QED) is 0.884. The average molecular weight is 327 g/mol. The van der Waals surface area contributed by atoms with Crippen molar-refractivity contribution in [1.82, 2.24) is 0 Å². The predicted octanol–water partition coefficient (Wildman–Crippen LogP) is 3.80. The third kappa shape index (κ3) is 4.14. The van der Waals surface area contributed by atoms with Crippen LogP contribution in [-0.2, 0) is 4.74 Å². The minimum atomic E-state index is -1.05. The van der Waals surface area contributed by atoms with Crippen LogP contribution < -0.4 is 5.73 Å². The molecule has 0 saturated heterocycles. The monoisotopic (exact) mass is 325 g/mol. The SMILES string of the molecule is CC(C)C(O)C(OC(N)=O)c1c(Cl)cc(Cl)cc1Cl. The number of carbonyl (C=O) groups excluding carboxylic acids is 1. The number of nitrogens with two attached hydrogens (primary N) is 1. The van der Waals surface area contributed by atoms with Crippen LogP contribution in [0.2, 0.25) is 15.1 Å². The topological polar surface area (TPSA) is 72.6 Å². The van der Waals surface area contributed by atoms with Gasteiger partial charge in [0.2, 0.25) is 0 Å². The maximum atomic E-state index is 11.0. The fraction of sp³-hybridized carbons (Fsp3) is 0.417. The van der Waals surface area contributed by atoms with Gasteiger partial charge in [-0.15, -0.1) is 0 Å². The Balaban J connectivity index is 3.28. The molecule has 1 aromatic rings. The van der Waals surface area contributed by atoms with Crippen LogP contribution in [0.4, 0.5) is 4.79 Å². The Morgan fingerprint density at radius 3 is 2.11 bits per heavy atom. The van der Waals surface area contributed by atoms with Crippen molar-refractivity contribution < 1.29 is 14.6 Å². The zero-order chi connectivity index (χ0) is 14.7. The molecule has 0 aliphatic rings. The van der Waals surface area contributed by atoms with E-state index in [1.54, 1.807) is 13.8 Å². The van der Waals surface area contributed by atoms with Crippen LogP contribution in [0.1, 0.15) is 25.5 Å². The van der Waals surface area contributed by atoms with Crippen molar-refractivity contribution in [3.8, 4) is 0 Å². The van der Waals surface area contributed by atoms with E-state index >= 15 is 0 Å². The molecule has 0 heterocycles. The third-order valence-electron chi connectivity index (χ3n) is 2.56. The number of hydrogen-bond acceptors (Lipinski definition) is 3. The summed E-state index contributed by atoms with van der Waals surface area (Å²) in [7, 11) is 0. The van der Waals surface area contributed by atoms with E-state index in [1.165, 1.54) is 12.1 Å². The fourth-order valence-corrected chi connectivity index (χ4v) is 2.63. The Hall–Kier alpha value is -0.680. The van der Waals surface area contributed by atoms with E-state index < -0.39 is 18.3 Å². The fourth-order valence-electron chi connectivity index (χ4n) is 1.60. The van der Waals surface area contributed by atoms with Crippen molar-refractivity contribution in [2.45, 2.75) is 26.1 Å². The Kier molecular flexibility index (Phi) is 5.74. The van der Waals surface area contributed by atoms with Crippen molar-refractivity contribution in [2.75, 3.05) is 0 Å². The number of halogens is 3. The summed E-state index contributed by atoms with van der Waals surface area (Å²) in [5, 5.41) is 10.9. The molecule has 0 aromatic heterocycles. The number of hydrogen-bond donors (Lipinski definition) is 2. The van der Waals surface area contributed by atoms with Gasteiger partial charge >= 0.3 is 6.09 Å². The number of ether oxygens (including phenoxy) is 1. The molecule has 4 nitrogen and oxygen atoms in total. The van der Waals surface area contributed by atoms with Gasteiger partial charge in [-0.3, -0.25) is 0 Å². The molecule has 0 fully saturated rings. The first kappa shape index (κ1) is 16.4. The summed E-state index contributed by atoms with van der Waals surface area (Å²) in [6.45, 7) is 3.53. The van der Waals surface area contributed by atoms with Gasteiger partial charge in [-0.25, -0.2) is 4.79 Å². The number of rotatable bonds is 4. The summed E-state index contributed by atoms with van der Waals surface area (Å²) in [6.07, 6.45) is -3.06. The first-order chi connectivity index (χ1) is 8.73. The highest BCUT2D eigenvalue weighted by molar-refractivity contribution is 6.39. The highest BCUT2D eigenvalue weighted by Crippen LogP contribution is 2.38. The summed E-state index contributed by atoms with van der Waals surface area (Å²) < 4.78 is 4.94. The van der Waals surface area contributed by atoms with E-state index in [2.05, 4.69) is 0 Å². The van der Waals surface area contributed by atoms with Gasteiger partial charge in [0.15, 0.2) is 6.10 Å². The molecule has 1 rings (SSSR count). The third-order valence-corrected chi connectivity index (χ3v) is 3.41. The zero-order valence-electron chi connectivity index (χ0n) is 10.4. The molecular weight excluding hydrogens is 312 g/mol. The van der Waals surface area contributed by atoms with E-state index in [-0.39, 0.29) is 21.5 Å². The average Bonchev–Trinajstić information content (AvgIpc) is 2.24. The van der Waals surface area contributed by atoms with Gasteiger partial charge in [-0.2, -0.15) is 0 Å². The summed E-state index contributed by atoms with van der Waals surface area (Å²) >= 11 is 17.9. The van der Waals surface area contributed by atoms with Gasteiger partial charge in [0, 0.05) is 10.6 Å². The van der Waals surface area contributed by atoms with E-state index in [4.69, 9.17) is 45.3 Å². The van der Waals surface area contributed by atoms with Gasteiger partial charge in [0.1, 0.15) is 0 Å². The molecule has 3 N–H and O–H groups in total. The molecular formula is C12H14Cl3NO3. The van der Waals surface area contributed by atoms with Gasteiger partial charge in [-0.1, -0.05) is 48.7 Å². The maximum absolute atomic E-state index is 11.0. The van der Waals surface area contributed by atoms with E-state index in [0.717, 1.165) is 0 Å². The first-order valence-electron chi connectivity index (χ1n) is 5.52. The molecule has 2 atom stereocenters. The smallest absolute Gasteiger partial charge is 0.405 e. The summed E-state index contributed by atoms with van der Waals surface area (Å²) in [4.78, 5) is 11.0. The minimum absolute atomic E-state index is 0.188. The van der Waals surface area contributed by atoms with Crippen LogP contribution in [0.15, 0.2) is 12.1 Å². The summed E-state index contributed by atoms with van der Waals surface area (Å²) in [5.74, 6) is -0.188. The van der Waals surface area contributed by atoms with Crippen LogP contribution in [-0.4, -0.2) is 17.3 Å². The lowest BCUT2D eigenvalue weighted by Crippen LogP contribution is -2.30. The predicted molar refractivity (Wildman–Crippen MR) is 75.7 cm³/mol. The Bertz CT molecular complexity index is 456. The Labute approximate surface area is 126 Å². The second-order valence-corrected chi connectivity index (χ2v) is 5.63. The highest BCUT2D eigenvalue weighted by atomic mass is 35.5. The number of amides is 1. The minimum Gasteiger partial charge on any atom is -0.439 e. The number of primary amides is 1. The molecule has 106 valence electrons. The molecule has 19 heavy (non-hydrogen) atoms. The van der Waals surface area contributed by atoms with Crippen LogP contribution in [0.25, 0.3) is 0 Å². The van der Waals surface area contributed by atoms with Gasteiger partial charge in [0.05, 0.1) is 16.1 Å².